The third kappa shape index (κ3) is 4.17. The van der Waals surface area contributed by atoms with Crippen molar-refractivity contribution in [2.75, 3.05) is 26.7 Å². The van der Waals surface area contributed by atoms with Crippen molar-refractivity contribution < 1.29 is 13.9 Å². The molecule has 1 aliphatic heterocycles. The Morgan fingerprint density at radius 1 is 1.29 bits per heavy atom. The first-order valence-corrected chi connectivity index (χ1v) is 8.43. The number of hydrogen-bond donors (Lipinski definition) is 1. The average Bonchev–Trinajstić information content (AvgIpc) is 3.29. The van der Waals surface area contributed by atoms with Crippen LogP contribution in [0.3, 0.4) is 0 Å². The van der Waals surface area contributed by atoms with Crippen molar-refractivity contribution in [3.63, 3.8) is 0 Å². The zero-order valence-electron chi connectivity index (χ0n) is 14.0. The van der Waals surface area contributed by atoms with Gasteiger partial charge in [-0.1, -0.05) is 12.1 Å². The molecule has 5 nitrogen and oxygen atoms in total. The summed E-state index contributed by atoms with van der Waals surface area (Å²) in [6.45, 7) is 2.67. The molecule has 1 N–H and O–H groups in total. The van der Waals surface area contributed by atoms with Gasteiger partial charge in [0.05, 0.1) is 25.8 Å². The van der Waals surface area contributed by atoms with Crippen molar-refractivity contribution in [3.05, 3.63) is 54.0 Å². The first-order valence-electron chi connectivity index (χ1n) is 8.43. The number of hydrogen-bond acceptors (Lipinski definition) is 4. The fraction of sp³-hybridized carbons (Fsp3) is 0.421. The van der Waals surface area contributed by atoms with Crippen molar-refractivity contribution >= 4 is 5.91 Å². The first kappa shape index (κ1) is 16.6. The molecular weight excluding hydrogens is 304 g/mol. The van der Waals surface area contributed by atoms with Gasteiger partial charge in [-0.05, 0) is 55.8 Å². The normalized spacial score (nSPS) is 16.0. The molecule has 0 bridgehead atoms. The Morgan fingerprint density at radius 3 is 2.83 bits per heavy atom. The molecule has 24 heavy (non-hydrogen) atoms. The van der Waals surface area contributed by atoms with Crippen LogP contribution in [-0.4, -0.2) is 37.6 Å². The average molecular weight is 328 g/mol. The van der Waals surface area contributed by atoms with Gasteiger partial charge >= 0.3 is 0 Å². The Balaban J connectivity index is 1.58. The number of nitrogens with one attached hydrogen (secondary N) is 1. The fourth-order valence-corrected chi connectivity index (χ4v) is 3.18. The summed E-state index contributed by atoms with van der Waals surface area (Å²) in [5.41, 5.74) is 0.947. The molecule has 3 rings (SSSR count). The maximum atomic E-state index is 12.3. The topological polar surface area (TPSA) is 54.7 Å². The van der Waals surface area contributed by atoms with Crippen LogP contribution in [0.15, 0.2) is 47.1 Å². The van der Waals surface area contributed by atoms with Crippen molar-refractivity contribution in [1.29, 1.82) is 0 Å². The first-order chi connectivity index (χ1) is 11.8. The summed E-state index contributed by atoms with van der Waals surface area (Å²) in [6, 6.07) is 11.6. The van der Waals surface area contributed by atoms with E-state index in [1.54, 1.807) is 13.4 Å². The van der Waals surface area contributed by atoms with E-state index in [1.807, 2.05) is 36.4 Å². The molecule has 1 saturated heterocycles. The zero-order valence-corrected chi connectivity index (χ0v) is 14.0. The minimum atomic E-state index is 0.0130. The summed E-state index contributed by atoms with van der Waals surface area (Å²) >= 11 is 0. The number of rotatable bonds is 7. The maximum Gasteiger partial charge on any atom is 0.224 e. The van der Waals surface area contributed by atoms with E-state index in [1.165, 1.54) is 12.8 Å². The second-order valence-corrected chi connectivity index (χ2v) is 6.11. The van der Waals surface area contributed by atoms with Crippen LogP contribution in [0, 0.1) is 0 Å². The largest absolute Gasteiger partial charge is 0.497 e. The second-order valence-electron chi connectivity index (χ2n) is 6.11. The van der Waals surface area contributed by atoms with E-state index in [4.69, 9.17) is 9.15 Å². The summed E-state index contributed by atoms with van der Waals surface area (Å²) in [5, 5.41) is 3.05. The molecule has 1 aliphatic rings. The summed E-state index contributed by atoms with van der Waals surface area (Å²) in [7, 11) is 1.63. The smallest absolute Gasteiger partial charge is 0.224 e. The molecule has 0 radical (unpaired) electrons. The van der Waals surface area contributed by atoms with Crippen molar-refractivity contribution in [2.24, 2.45) is 0 Å². The van der Waals surface area contributed by atoms with Gasteiger partial charge in [0, 0.05) is 6.54 Å². The number of methoxy groups -OCH3 is 1. The molecule has 0 spiro atoms. The van der Waals surface area contributed by atoms with E-state index in [9.17, 15) is 4.79 Å². The van der Waals surface area contributed by atoms with Gasteiger partial charge in [0.25, 0.3) is 0 Å². The molecular formula is C19H24N2O3. The SMILES string of the molecule is COc1cccc(CC(=O)NCC(c2ccco2)N2CCCC2)c1. The number of carbonyl (C=O) groups is 1. The molecule has 2 heterocycles. The van der Waals surface area contributed by atoms with Crippen LogP contribution in [0.1, 0.15) is 30.2 Å². The van der Waals surface area contributed by atoms with E-state index in [0.717, 1.165) is 30.2 Å². The summed E-state index contributed by atoms with van der Waals surface area (Å²) in [4.78, 5) is 14.7. The minimum Gasteiger partial charge on any atom is -0.497 e. The van der Waals surface area contributed by atoms with Crippen LogP contribution >= 0.6 is 0 Å². The van der Waals surface area contributed by atoms with Crippen LogP contribution < -0.4 is 10.1 Å². The van der Waals surface area contributed by atoms with E-state index < -0.39 is 0 Å². The van der Waals surface area contributed by atoms with E-state index >= 15 is 0 Å². The Morgan fingerprint density at radius 2 is 2.12 bits per heavy atom. The zero-order chi connectivity index (χ0) is 16.8. The fourth-order valence-electron chi connectivity index (χ4n) is 3.18. The van der Waals surface area contributed by atoms with Gasteiger partial charge in [-0.2, -0.15) is 0 Å². The third-order valence-electron chi connectivity index (χ3n) is 4.44. The number of ether oxygens (including phenoxy) is 1. The molecule has 1 aromatic heterocycles. The number of nitrogens with zero attached hydrogens (tertiary/aromatic N) is 1. The van der Waals surface area contributed by atoms with Gasteiger partial charge in [0.15, 0.2) is 0 Å². The molecule has 1 fully saturated rings. The lowest BCUT2D eigenvalue weighted by atomic mass is 10.1. The Kier molecular flexibility index (Phi) is 5.54. The molecule has 1 unspecified atom stereocenters. The highest BCUT2D eigenvalue weighted by Crippen LogP contribution is 2.24. The van der Waals surface area contributed by atoms with Crippen LogP contribution in [0.5, 0.6) is 5.75 Å². The van der Waals surface area contributed by atoms with E-state index in [2.05, 4.69) is 10.2 Å². The molecule has 2 aromatic rings. The number of furan rings is 1. The molecule has 1 aromatic carbocycles. The van der Waals surface area contributed by atoms with Gasteiger partial charge in [-0.25, -0.2) is 0 Å². The Hall–Kier alpha value is -2.27. The number of benzene rings is 1. The summed E-state index contributed by atoms with van der Waals surface area (Å²) in [5.74, 6) is 1.70. The lowest BCUT2D eigenvalue weighted by molar-refractivity contribution is -0.120. The molecule has 0 saturated carbocycles. The van der Waals surface area contributed by atoms with Gasteiger partial charge in [-0.3, -0.25) is 9.69 Å². The van der Waals surface area contributed by atoms with Crippen molar-refractivity contribution in [2.45, 2.75) is 25.3 Å². The molecule has 5 heteroatoms. The van der Waals surface area contributed by atoms with Crippen LogP contribution in [-0.2, 0) is 11.2 Å². The third-order valence-corrected chi connectivity index (χ3v) is 4.44. The van der Waals surface area contributed by atoms with Gasteiger partial charge in [0.2, 0.25) is 5.91 Å². The lowest BCUT2D eigenvalue weighted by Gasteiger charge is -2.26. The Bertz CT molecular complexity index is 648. The number of amides is 1. The number of likely N-dealkylation sites (tertiary alicyclic amines) is 1. The monoisotopic (exact) mass is 328 g/mol. The highest BCUT2D eigenvalue weighted by Gasteiger charge is 2.25. The van der Waals surface area contributed by atoms with Crippen molar-refractivity contribution in [1.82, 2.24) is 10.2 Å². The van der Waals surface area contributed by atoms with Gasteiger partial charge in [0.1, 0.15) is 11.5 Å². The van der Waals surface area contributed by atoms with E-state index in [-0.39, 0.29) is 11.9 Å². The molecule has 0 aliphatic carbocycles. The van der Waals surface area contributed by atoms with Crippen molar-refractivity contribution in [3.8, 4) is 5.75 Å². The summed E-state index contributed by atoms with van der Waals surface area (Å²) in [6.07, 6.45) is 4.45. The molecule has 1 amide bonds. The lowest BCUT2D eigenvalue weighted by Crippen LogP contribution is -2.37. The standard InChI is InChI=1S/C19H24N2O3/c1-23-16-7-4-6-15(12-16)13-19(22)20-14-17(18-8-5-11-24-18)21-9-2-3-10-21/h4-8,11-12,17H,2-3,9-10,13-14H2,1H3,(H,20,22). The minimum absolute atomic E-state index is 0.0130. The molecule has 1 atom stereocenters. The predicted octanol–water partition coefficient (Wildman–Crippen LogP) is 2.78. The highest BCUT2D eigenvalue weighted by atomic mass is 16.5. The predicted molar refractivity (Wildman–Crippen MR) is 92.0 cm³/mol. The number of carbonyl (C=O) groups excluding carboxylic acids is 1. The molecule has 128 valence electrons. The van der Waals surface area contributed by atoms with Crippen LogP contribution in [0.25, 0.3) is 0 Å². The second kappa shape index (κ2) is 8.02. The maximum absolute atomic E-state index is 12.3. The highest BCUT2D eigenvalue weighted by molar-refractivity contribution is 5.78. The van der Waals surface area contributed by atoms with E-state index in [0.29, 0.717) is 13.0 Å². The Labute approximate surface area is 142 Å². The summed E-state index contributed by atoms with van der Waals surface area (Å²) < 4.78 is 10.8. The van der Waals surface area contributed by atoms with Crippen LogP contribution in [0.2, 0.25) is 0 Å². The van der Waals surface area contributed by atoms with Gasteiger partial charge in [-0.15, -0.1) is 0 Å². The van der Waals surface area contributed by atoms with Crippen LogP contribution in [0.4, 0.5) is 0 Å². The quantitative estimate of drug-likeness (QED) is 0.849. The van der Waals surface area contributed by atoms with Gasteiger partial charge < -0.3 is 14.5 Å².